The van der Waals surface area contributed by atoms with Crippen molar-refractivity contribution in [1.29, 1.82) is 0 Å². The van der Waals surface area contributed by atoms with E-state index < -0.39 is 0 Å². The Labute approximate surface area is 144 Å². The molecular formula is C15H12N4OS3. The number of thioether (sulfide) groups is 1. The summed E-state index contributed by atoms with van der Waals surface area (Å²) in [4.78, 5) is 22.0. The third-order valence-corrected chi connectivity index (χ3v) is 6.09. The van der Waals surface area contributed by atoms with Gasteiger partial charge in [0.15, 0.2) is 9.30 Å². The van der Waals surface area contributed by atoms with Gasteiger partial charge in [0.1, 0.15) is 0 Å². The summed E-state index contributed by atoms with van der Waals surface area (Å²) in [5.74, 6) is -0.0651. The highest BCUT2D eigenvalue weighted by molar-refractivity contribution is 8.00. The molecule has 5 nitrogen and oxygen atoms in total. The van der Waals surface area contributed by atoms with Crippen molar-refractivity contribution >= 4 is 61.2 Å². The van der Waals surface area contributed by atoms with Gasteiger partial charge in [0.2, 0.25) is 5.91 Å². The third kappa shape index (κ3) is 2.97. The molecule has 4 aromatic rings. The number of fused-ring (bicyclic) bond motifs is 2. The van der Waals surface area contributed by atoms with E-state index in [1.165, 1.54) is 0 Å². The number of imidazole rings is 1. The van der Waals surface area contributed by atoms with Crippen LogP contribution in [0.1, 0.15) is 5.69 Å². The SMILES string of the molecule is CSc1nc2ccc(NC(=O)Cc3cn4ccsc4n3)cc2s1. The molecule has 4 rings (SSSR count). The second-order valence-electron chi connectivity index (χ2n) is 4.92. The molecule has 3 aromatic heterocycles. The number of thiazole rings is 2. The first kappa shape index (κ1) is 14.7. The standard InChI is InChI=1S/C15H12N4OS3/c1-21-15-18-11-3-2-9(6-12(11)23-15)16-13(20)7-10-8-19-4-5-22-14(19)17-10/h2-6,8H,7H2,1H3,(H,16,20). The van der Waals surface area contributed by atoms with E-state index in [2.05, 4.69) is 15.3 Å². The van der Waals surface area contributed by atoms with Gasteiger partial charge in [-0.05, 0) is 24.5 Å². The molecule has 8 heteroatoms. The molecule has 0 fully saturated rings. The van der Waals surface area contributed by atoms with E-state index in [9.17, 15) is 4.79 Å². The second kappa shape index (κ2) is 5.95. The highest BCUT2D eigenvalue weighted by Crippen LogP contribution is 2.30. The van der Waals surface area contributed by atoms with Crippen molar-refractivity contribution in [2.24, 2.45) is 0 Å². The molecule has 0 unspecified atom stereocenters. The van der Waals surface area contributed by atoms with Crippen LogP contribution in [0.25, 0.3) is 15.2 Å². The number of carbonyl (C=O) groups is 1. The normalized spacial score (nSPS) is 11.3. The van der Waals surface area contributed by atoms with Gasteiger partial charge >= 0.3 is 0 Å². The Morgan fingerprint density at radius 1 is 1.39 bits per heavy atom. The Kier molecular flexibility index (Phi) is 3.80. The molecule has 0 aliphatic carbocycles. The topological polar surface area (TPSA) is 59.3 Å². The number of amides is 1. The van der Waals surface area contributed by atoms with Crippen LogP contribution in [0.3, 0.4) is 0 Å². The molecule has 0 saturated carbocycles. The number of carbonyl (C=O) groups excluding carboxylic acids is 1. The number of aromatic nitrogens is 3. The molecule has 3 heterocycles. The Balaban J connectivity index is 1.50. The molecule has 23 heavy (non-hydrogen) atoms. The molecular weight excluding hydrogens is 348 g/mol. The summed E-state index contributed by atoms with van der Waals surface area (Å²) in [6.45, 7) is 0. The molecule has 116 valence electrons. The van der Waals surface area contributed by atoms with E-state index in [1.54, 1.807) is 34.4 Å². The third-order valence-electron chi connectivity index (χ3n) is 3.31. The summed E-state index contributed by atoms with van der Waals surface area (Å²) in [5.41, 5.74) is 2.53. The minimum absolute atomic E-state index is 0.0651. The molecule has 1 aromatic carbocycles. The molecule has 0 bridgehead atoms. The van der Waals surface area contributed by atoms with Crippen molar-refractivity contribution in [3.05, 3.63) is 41.7 Å². The van der Waals surface area contributed by atoms with E-state index >= 15 is 0 Å². The van der Waals surface area contributed by atoms with Crippen molar-refractivity contribution in [1.82, 2.24) is 14.4 Å². The predicted octanol–water partition coefficient (Wildman–Crippen LogP) is 3.91. The van der Waals surface area contributed by atoms with E-state index in [0.717, 1.165) is 30.9 Å². The Bertz CT molecular complexity index is 972. The number of benzene rings is 1. The van der Waals surface area contributed by atoms with E-state index in [4.69, 9.17) is 0 Å². The maximum absolute atomic E-state index is 12.2. The van der Waals surface area contributed by atoms with E-state index in [-0.39, 0.29) is 12.3 Å². The van der Waals surface area contributed by atoms with Crippen LogP contribution in [0.2, 0.25) is 0 Å². The summed E-state index contributed by atoms with van der Waals surface area (Å²) >= 11 is 4.82. The Morgan fingerprint density at radius 2 is 2.30 bits per heavy atom. The van der Waals surface area contributed by atoms with Crippen LogP contribution in [-0.4, -0.2) is 26.5 Å². The van der Waals surface area contributed by atoms with Crippen molar-refractivity contribution < 1.29 is 4.79 Å². The molecule has 0 aliphatic rings. The maximum atomic E-state index is 12.2. The van der Waals surface area contributed by atoms with Crippen LogP contribution in [0.4, 0.5) is 5.69 Å². The monoisotopic (exact) mass is 360 g/mol. The zero-order valence-electron chi connectivity index (χ0n) is 12.1. The largest absolute Gasteiger partial charge is 0.326 e. The quantitative estimate of drug-likeness (QED) is 0.561. The summed E-state index contributed by atoms with van der Waals surface area (Å²) in [7, 11) is 0. The lowest BCUT2D eigenvalue weighted by molar-refractivity contribution is -0.115. The van der Waals surface area contributed by atoms with Gasteiger partial charge in [0.05, 0.1) is 22.3 Å². The zero-order chi connectivity index (χ0) is 15.8. The summed E-state index contributed by atoms with van der Waals surface area (Å²) in [6, 6.07) is 5.79. The average Bonchev–Trinajstić information content (AvgIpc) is 3.19. The minimum Gasteiger partial charge on any atom is -0.326 e. The van der Waals surface area contributed by atoms with Gasteiger partial charge in [-0.3, -0.25) is 9.20 Å². The van der Waals surface area contributed by atoms with Gasteiger partial charge in [-0.1, -0.05) is 11.8 Å². The summed E-state index contributed by atoms with van der Waals surface area (Å²) < 4.78 is 4.04. The van der Waals surface area contributed by atoms with Crippen LogP contribution in [0.15, 0.2) is 40.3 Å². The van der Waals surface area contributed by atoms with Crippen LogP contribution in [-0.2, 0) is 11.2 Å². The van der Waals surface area contributed by atoms with Gasteiger partial charge in [-0.15, -0.1) is 22.7 Å². The first-order valence-corrected chi connectivity index (χ1v) is 9.79. The van der Waals surface area contributed by atoms with Crippen molar-refractivity contribution in [2.45, 2.75) is 10.8 Å². The lowest BCUT2D eigenvalue weighted by Crippen LogP contribution is -2.14. The fourth-order valence-corrected chi connectivity index (χ4v) is 4.55. The summed E-state index contributed by atoms with van der Waals surface area (Å²) in [6.07, 6.45) is 6.11. The van der Waals surface area contributed by atoms with Crippen LogP contribution >= 0.6 is 34.4 Å². The molecule has 0 saturated heterocycles. The number of nitrogens with one attached hydrogen (secondary N) is 1. The number of hydrogen-bond acceptors (Lipinski definition) is 6. The number of rotatable bonds is 4. The molecule has 1 amide bonds. The average molecular weight is 360 g/mol. The first-order valence-electron chi connectivity index (χ1n) is 6.87. The number of nitrogens with zero attached hydrogens (tertiary/aromatic N) is 3. The molecule has 0 atom stereocenters. The van der Waals surface area contributed by atoms with Gasteiger partial charge in [0, 0.05) is 23.5 Å². The fraction of sp³-hybridized carbons (Fsp3) is 0.133. The smallest absolute Gasteiger partial charge is 0.230 e. The lowest BCUT2D eigenvalue weighted by Gasteiger charge is -2.03. The maximum Gasteiger partial charge on any atom is 0.230 e. The summed E-state index contributed by atoms with van der Waals surface area (Å²) in [5, 5.41) is 4.91. The van der Waals surface area contributed by atoms with E-state index in [1.807, 2.05) is 46.6 Å². The van der Waals surface area contributed by atoms with Gasteiger partial charge in [0.25, 0.3) is 0 Å². The van der Waals surface area contributed by atoms with Crippen LogP contribution in [0, 0.1) is 0 Å². The highest BCUT2D eigenvalue weighted by atomic mass is 32.2. The number of hydrogen-bond donors (Lipinski definition) is 1. The van der Waals surface area contributed by atoms with Gasteiger partial charge in [-0.25, -0.2) is 9.97 Å². The fourth-order valence-electron chi connectivity index (χ4n) is 2.30. The van der Waals surface area contributed by atoms with Crippen molar-refractivity contribution in [2.75, 3.05) is 11.6 Å². The Hall–Kier alpha value is -1.90. The minimum atomic E-state index is -0.0651. The van der Waals surface area contributed by atoms with Crippen molar-refractivity contribution in [3.8, 4) is 0 Å². The molecule has 1 N–H and O–H groups in total. The highest BCUT2D eigenvalue weighted by Gasteiger charge is 2.10. The van der Waals surface area contributed by atoms with Crippen molar-refractivity contribution in [3.63, 3.8) is 0 Å². The predicted molar refractivity (Wildman–Crippen MR) is 96.8 cm³/mol. The molecule has 0 spiro atoms. The lowest BCUT2D eigenvalue weighted by atomic mass is 10.2. The molecule has 0 radical (unpaired) electrons. The van der Waals surface area contributed by atoms with E-state index in [0.29, 0.717) is 0 Å². The molecule has 0 aliphatic heterocycles. The van der Waals surface area contributed by atoms with Crippen LogP contribution < -0.4 is 5.32 Å². The first-order chi connectivity index (χ1) is 11.2. The van der Waals surface area contributed by atoms with Crippen LogP contribution in [0.5, 0.6) is 0 Å². The van der Waals surface area contributed by atoms with Gasteiger partial charge in [-0.2, -0.15) is 0 Å². The second-order valence-corrected chi connectivity index (χ2v) is 7.87. The Morgan fingerprint density at radius 3 is 3.13 bits per heavy atom. The van der Waals surface area contributed by atoms with Gasteiger partial charge < -0.3 is 5.32 Å². The zero-order valence-corrected chi connectivity index (χ0v) is 14.6. The number of anilines is 1.